The third kappa shape index (κ3) is 6.45. The number of aliphatic hydroxyl groups is 1. The van der Waals surface area contributed by atoms with Crippen molar-refractivity contribution in [1.82, 2.24) is 4.90 Å². The lowest BCUT2D eigenvalue weighted by Crippen LogP contribution is -2.52. The van der Waals surface area contributed by atoms with Crippen LogP contribution in [-0.4, -0.2) is 79.9 Å². The molecule has 0 unspecified atom stereocenters. The lowest BCUT2D eigenvalue weighted by Gasteiger charge is -2.39. The maximum Gasteiger partial charge on any atom is 0.414 e. The number of benzene rings is 4. The number of carbonyl (C=O) groups excluding carboxylic acids is 3. The van der Waals surface area contributed by atoms with E-state index in [2.05, 4.69) is 13.1 Å². The number of rotatable bonds is 10. The number of hydrogen-bond donors (Lipinski definition) is 1. The predicted molar refractivity (Wildman–Crippen MR) is 215 cm³/mol. The minimum Gasteiger partial charge on any atom is -0.497 e. The lowest BCUT2D eigenvalue weighted by molar-refractivity contribution is -0.385. The second kappa shape index (κ2) is 14.7. The van der Waals surface area contributed by atoms with Crippen LogP contribution in [0.2, 0.25) is 18.6 Å². The number of nitro benzene ring substituents is 1. The summed E-state index contributed by atoms with van der Waals surface area (Å²) in [5.74, 6) is -0.334. The van der Waals surface area contributed by atoms with Crippen molar-refractivity contribution in [1.29, 1.82) is 0 Å². The number of amides is 3. The molecule has 4 aromatic rings. The van der Waals surface area contributed by atoms with Gasteiger partial charge in [0.05, 0.1) is 64.1 Å². The molecule has 14 heteroatoms. The molecule has 8 rings (SSSR count). The van der Waals surface area contributed by atoms with Gasteiger partial charge in [-0.3, -0.25) is 24.6 Å². The zero-order valence-electron chi connectivity index (χ0n) is 32.4. The van der Waals surface area contributed by atoms with Crippen molar-refractivity contribution >= 4 is 48.2 Å². The van der Waals surface area contributed by atoms with Gasteiger partial charge in [0.25, 0.3) is 11.6 Å². The van der Waals surface area contributed by atoms with Crippen molar-refractivity contribution in [3.63, 3.8) is 0 Å². The molecule has 1 N–H and O–H groups in total. The van der Waals surface area contributed by atoms with Gasteiger partial charge in [0.15, 0.2) is 5.60 Å². The van der Waals surface area contributed by atoms with E-state index in [1.807, 2.05) is 79.7 Å². The summed E-state index contributed by atoms with van der Waals surface area (Å²) in [7, 11) is -1.04. The van der Waals surface area contributed by atoms with Crippen LogP contribution in [0.15, 0.2) is 91.0 Å². The van der Waals surface area contributed by atoms with E-state index in [1.165, 1.54) is 12.1 Å². The van der Waals surface area contributed by atoms with Gasteiger partial charge < -0.3 is 29.1 Å². The van der Waals surface area contributed by atoms with E-state index in [1.54, 1.807) is 27.9 Å². The van der Waals surface area contributed by atoms with Crippen LogP contribution in [0.1, 0.15) is 35.6 Å². The van der Waals surface area contributed by atoms with Crippen molar-refractivity contribution in [2.45, 2.75) is 69.2 Å². The molecule has 0 aromatic heterocycles. The number of carbonyl (C=O) groups is 3. The van der Waals surface area contributed by atoms with E-state index in [9.17, 15) is 24.8 Å². The highest BCUT2D eigenvalue weighted by atomic mass is 28.3. The topological polar surface area (TPSA) is 152 Å². The fourth-order valence-corrected chi connectivity index (χ4v) is 13.7. The van der Waals surface area contributed by atoms with E-state index >= 15 is 4.79 Å². The molecule has 0 radical (unpaired) electrons. The Balaban J connectivity index is 1.19. The van der Waals surface area contributed by atoms with Crippen molar-refractivity contribution in [2.24, 2.45) is 5.92 Å². The number of anilines is 2. The minimum absolute atomic E-state index is 0.0417. The summed E-state index contributed by atoms with van der Waals surface area (Å²) < 4.78 is 17.7. The first-order chi connectivity index (χ1) is 27.4. The first kappa shape index (κ1) is 38.3. The van der Waals surface area contributed by atoms with Gasteiger partial charge in [0.2, 0.25) is 5.91 Å². The number of nitro groups is 1. The standard InChI is InChI=1S/C43H46N4O9Si/c1-27-40(57(3,4)35-16-14-34(54-2)15-17-35)38(23-39(49)45-25-30-8-6-5-7-29(30)21-33(45)26-48)56-43(27)36-22-32(47(52)53)13-18-37(36)46(41(43)50)24-28-9-11-31(12-10-28)44-19-20-55-42(44)51/h5-18,22,27,33,38,40,48H,19-21,23-26H2,1-4H3/t27-,33+,38+,40-,43+/m1/s1. The van der Waals surface area contributed by atoms with E-state index in [0.29, 0.717) is 48.8 Å². The van der Waals surface area contributed by atoms with Gasteiger partial charge in [0.1, 0.15) is 12.4 Å². The van der Waals surface area contributed by atoms with Gasteiger partial charge in [-0.1, -0.05) is 73.7 Å². The lowest BCUT2D eigenvalue weighted by atomic mass is 9.82. The number of fused-ring (bicyclic) bond motifs is 3. The molecule has 57 heavy (non-hydrogen) atoms. The molecule has 0 aliphatic carbocycles. The normalized spacial score (nSPS) is 24.1. The molecule has 2 saturated heterocycles. The summed E-state index contributed by atoms with van der Waals surface area (Å²) in [5, 5.41) is 23.8. The van der Waals surface area contributed by atoms with Gasteiger partial charge in [-0.2, -0.15) is 0 Å². The summed E-state index contributed by atoms with van der Waals surface area (Å²) in [6.07, 6.45) is -0.667. The van der Waals surface area contributed by atoms with Gasteiger partial charge >= 0.3 is 6.09 Å². The molecule has 3 amide bonds. The molecule has 0 saturated carbocycles. The minimum atomic E-state index is -2.66. The molecular weight excluding hydrogens is 745 g/mol. The Hall–Kier alpha value is -5.57. The zero-order chi connectivity index (χ0) is 40.2. The maximum absolute atomic E-state index is 15.3. The van der Waals surface area contributed by atoms with E-state index in [4.69, 9.17) is 14.2 Å². The second-order valence-electron chi connectivity index (χ2n) is 16.0. The Labute approximate surface area is 331 Å². The van der Waals surface area contributed by atoms with Gasteiger partial charge in [0, 0.05) is 35.8 Å². The average molecular weight is 791 g/mol. The summed E-state index contributed by atoms with van der Waals surface area (Å²) >= 11 is 0. The molecule has 2 fully saturated rings. The van der Waals surface area contributed by atoms with Crippen molar-refractivity contribution < 1.29 is 38.6 Å². The van der Waals surface area contributed by atoms with Crippen LogP contribution >= 0.6 is 0 Å². The monoisotopic (exact) mass is 790 g/mol. The Bertz CT molecular complexity index is 2230. The second-order valence-corrected chi connectivity index (χ2v) is 20.7. The van der Waals surface area contributed by atoms with Crippen molar-refractivity contribution in [2.75, 3.05) is 36.7 Å². The van der Waals surface area contributed by atoms with Crippen LogP contribution in [0.5, 0.6) is 5.75 Å². The van der Waals surface area contributed by atoms with E-state index < -0.39 is 42.8 Å². The van der Waals surface area contributed by atoms with E-state index in [0.717, 1.165) is 21.9 Å². The van der Waals surface area contributed by atoms with Crippen LogP contribution < -0.4 is 19.7 Å². The fourth-order valence-electron chi connectivity index (χ4n) is 9.70. The predicted octanol–water partition coefficient (Wildman–Crippen LogP) is 5.66. The molecule has 4 aliphatic heterocycles. The van der Waals surface area contributed by atoms with Crippen molar-refractivity contribution in [3.05, 3.63) is 123 Å². The van der Waals surface area contributed by atoms with Crippen LogP contribution in [0, 0.1) is 16.0 Å². The highest BCUT2D eigenvalue weighted by Gasteiger charge is 2.67. The number of ether oxygens (including phenoxy) is 3. The maximum atomic E-state index is 15.3. The van der Waals surface area contributed by atoms with Gasteiger partial charge in [-0.15, -0.1) is 0 Å². The molecule has 296 valence electrons. The first-order valence-electron chi connectivity index (χ1n) is 19.3. The number of non-ortho nitro benzene ring substituents is 1. The van der Waals surface area contributed by atoms with Crippen LogP contribution in [0.4, 0.5) is 21.9 Å². The Morgan fingerprint density at radius 1 is 1.02 bits per heavy atom. The van der Waals surface area contributed by atoms with Crippen LogP contribution in [-0.2, 0) is 44.2 Å². The third-order valence-electron chi connectivity index (χ3n) is 12.6. The van der Waals surface area contributed by atoms with Crippen LogP contribution in [0.25, 0.3) is 0 Å². The molecule has 1 spiro atoms. The summed E-state index contributed by atoms with van der Waals surface area (Å²) in [5.41, 5.74) is 2.40. The quantitative estimate of drug-likeness (QED) is 0.122. The first-order valence-corrected chi connectivity index (χ1v) is 22.4. The number of aliphatic hydroxyl groups excluding tert-OH is 1. The summed E-state index contributed by atoms with van der Waals surface area (Å²) in [4.78, 5) is 58.7. The number of methoxy groups -OCH3 is 1. The average Bonchev–Trinajstić information content (AvgIpc) is 3.85. The molecule has 13 nitrogen and oxygen atoms in total. The van der Waals surface area contributed by atoms with E-state index in [-0.39, 0.29) is 42.6 Å². The molecule has 0 bridgehead atoms. The van der Waals surface area contributed by atoms with Crippen LogP contribution in [0.3, 0.4) is 0 Å². The highest BCUT2D eigenvalue weighted by Crippen LogP contribution is 2.60. The smallest absolute Gasteiger partial charge is 0.414 e. The number of nitrogens with zero attached hydrogens (tertiary/aromatic N) is 4. The summed E-state index contributed by atoms with van der Waals surface area (Å²) in [6, 6.07) is 27.2. The molecule has 4 aliphatic rings. The molecule has 4 aromatic carbocycles. The number of hydrogen-bond acceptors (Lipinski definition) is 9. The zero-order valence-corrected chi connectivity index (χ0v) is 33.4. The highest BCUT2D eigenvalue weighted by molar-refractivity contribution is 6.91. The third-order valence-corrected chi connectivity index (χ3v) is 17.0. The summed E-state index contributed by atoms with van der Waals surface area (Å²) in [6.45, 7) is 7.46. The molecule has 5 atom stereocenters. The molecular formula is C43H46N4O9Si. The SMILES string of the molecule is COc1ccc([Si](C)(C)[C@H]2[C@H](CC(=O)N3Cc4ccccc4C[C@H]3CO)O[C@@]3(C(=O)N(Cc4ccc(N5CCOC5=O)cc4)c4ccc([N+](=O)[O-])cc43)[C@@H]2C)cc1. The Kier molecular flexibility index (Phi) is 9.91. The van der Waals surface area contributed by atoms with Gasteiger partial charge in [-0.05, 0) is 59.0 Å². The molecule has 4 heterocycles. The number of cyclic esters (lactones) is 1. The largest absolute Gasteiger partial charge is 0.497 e. The fraction of sp³-hybridized carbons (Fsp3) is 0.372. The Morgan fingerprint density at radius 2 is 1.74 bits per heavy atom. The Morgan fingerprint density at radius 3 is 2.39 bits per heavy atom. The van der Waals surface area contributed by atoms with Gasteiger partial charge in [-0.25, -0.2) is 4.79 Å². The van der Waals surface area contributed by atoms with Crippen molar-refractivity contribution in [3.8, 4) is 5.75 Å².